The van der Waals surface area contributed by atoms with E-state index < -0.39 is 0 Å². The highest BCUT2D eigenvalue weighted by Crippen LogP contribution is 2.22. The number of aryl methyl sites for hydroxylation is 1. The summed E-state index contributed by atoms with van der Waals surface area (Å²) in [6, 6.07) is 4.06. The molecule has 1 N–H and O–H groups in total. The third kappa shape index (κ3) is 2.74. The molecule has 0 aliphatic heterocycles. The molecule has 0 saturated heterocycles. The first-order valence-electron chi connectivity index (χ1n) is 5.39. The molecule has 2 rings (SSSR count). The number of nitrogens with zero attached hydrogens (tertiary/aromatic N) is 2. The van der Waals surface area contributed by atoms with Crippen LogP contribution in [0.1, 0.15) is 16.3 Å². The van der Waals surface area contributed by atoms with Crippen molar-refractivity contribution in [2.45, 2.75) is 20.5 Å². The fourth-order valence-corrected chi connectivity index (χ4v) is 2.14. The molecule has 0 saturated carbocycles. The summed E-state index contributed by atoms with van der Waals surface area (Å²) in [4.78, 5) is 9.80. The van der Waals surface area contributed by atoms with Crippen LogP contribution in [0.2, 0.25) is 0 Å². The molecule has 0 amide bonds. The zero-order valence-corrected chi connectivity index (χ0v) is 11.0. The van der Waals surface area contributed by atoms with Gasteiger partial charge in [-0.05, 0) is 25.3 Å². The second-order valence-electron chi connectivity index (χ2n) is 3.67. The second-order valence-corrected chi connectivity index (χ2v) is 4.70. The largest absolute Gasteiger partial charge is 0.472 e. The number of ether oxygens (including phenoxy) is 1. The molecular weight excluding hydrogens is 234 g/mol. The first kappa shape index (κ1) is 11.9. The van der Waals surface area contributed by atoms with Gasteiger partial charge in [-0.3, -0.25) is 0 Å². The van der Waals surface area contributed by atoms with Crippen LogP contribution in [-0.4, -0.2) is 17.0 Å². The predicted molar refractivity (Wildman–Crippen MR) is 69.7 cm³/mol. The summed E-state index contributed by atoms with van der Waals surface area (Å²) >= 11 is 1.68. The zero-order chi connectivity index (χ0) is 12.3. The molecule has 0 unspecified atom stereocenters. The number of nitrogens with one attached hydrogen (secondary N) is 1. The van der Waals surface area contributed by atoms with E-state index in [0.717, 1.165) is 11.4 Å². The number of anilines is 1. The van der Waals surface area contributed by atoms with Crippen molar-refractivity contribution in [2.24, 2.45) is 0 Å². The van der Waals surface area contributed by atoms with Gasteiger partial charge in [0.1, 0.15) is 18.2 Å². The van der Waals surface area contributed by atoms with E-state index in [0.29, 0.717) is 18.3 Å². The fourth-order valence-electron chi connectivity index (χ4n) is 1.52. The first-order chi connectivity index (χ1) is 8.20. The van der Waals surface area contributed by atoms with Gasteiger partial charge in [-0.1, -0.05) is 6.07 Å². The third-order valence-electron chi connectivity index (χ3n) is 2.38. The van der Waals surface area contributed by atoms with Crippen molar-refractivity contribution in [2.75, 3.05) is 12.4 Å². The number of aromatic nitrogens is 2. The number of hydrogen-bond acceptors (Lipinski definition) is 5. The van der Waals surface area contributed by atoms with E-state index in [2.05, 4.69) is 15.3 Å². The van der Waals surface area contributed by atoms with Gasteiger partial charge in [0.2, 0.25) is 5.88 Å². The maximum absolute atomic E-state index is 5.72. The minimum atomic E-state index is 0.554. The summed E-state index contributed by atoms with van der Waals surface area (Å²) in [7, 11) is 1.85. The Bertz CT molecular complexity index is 497. The van der Waals surface area contributed by atoms with Crippen molar-refractivity contribution in [3.8, 4) is 5.88 Å². The van der Waals surface area contributed by atoms with E-state index in [4.69, 9.17) is 4.74 Å². The lowest BCUT2D eigenvalue weighted by Crippen LogP contribution is -2.05. The van der Waals surface area contributed by atoms with E-state index in [1.807, 2.05) is 38.4 Å². The SMILES string of the molecule is CNc1nc(C)nc(OCc2cccs2)c1C. The maximum atomic E-state index is 5.72. The molecule has 4 nitrogen and oxygen atoms in total. The Morgan fingerprint density at radius 2 is 2.18 bits per heavy atom. The van der Waals surface area contributed by atoms with Crippen LogP contribution in [0.4, 0.5) is 5.82 Å². The highest BCUT2D eigenvalue weighted by molar-refractivity contribution is 7.09. The molecule has 0 radical (unpaired) electrons. The molecule has 2 heterocycles. The average molecular weight is 249 g/mol. The summed E-state index contributed by atoms with van der Waals surface area (Å²) in [5, 5.41) is 5.08. The van der Waals surface area contributed by atoms with E-state index in [1.165, 1.54) is 4.88 Å². The van der Waals surface area contributed by atoms with Gasteiger partial charge < -0.3 is 10.1 Å². The molecule has 17 heavy (non-hydrogen) atoms. The Morgan fingerprint density at radius 3 is 2.82 bits per heavy atom. The normalized spacial score (nSPS) is 10.3. The van der Waals surface area contributed by atoms with Crippen molar-refractivity contribution in [3.63, 3.8) is 0 Å². The third-order valence-corrected chi connectivity index (χ3v) is 3.23. The van der Waals surface area contributed by atoms with E-state index in [9.17, 15) is 0 Å². The van der Waals surface area contributed by atoms with Gasteiger partial charge >= 0.3 is 0 Å². The van der Waals surface area contributed by atoms with E-state index >= 15 is 0 Å². The Kier molecular flexibility index (Phi) is 3.58. The van der Waals surface area contributed by atoms with Crippen LogP contribution < -0.4 is 10.1 Å². The van der Waals surface area contributed by atoms with Gasteiger partial charge in [0.15, 0.2) is 0 Å². The summed E-state index contributed by atoms with van der Waals surface area (Å²) in [5.41, 5.74) is 0.939. The Hall–Kier alpha value is -1.62. The molecule has 90 valence electrons. The van der Waals surface area contributed by atoms with Crippen molar-refractivity contribution in [1.82, 2.24) is 9.97 Å². The lowest BCUT2D eigenvalue weighted by atomic mass is 10.3. The van der Waals surface area contributed by atoms with Crippen molar-refractivity contribution < 1.29 is 4.74 Å². The standard InChI is InChI=1S/C12H15N3OS/c1-8-11(13-3)14-9(2)15-12(8)16-7-10-5-4-6-17-10/h4-6H,7H2,1-3H3,(H,13,14,15). The number of rotatable bonds is 4. The molecule has 0 aromatic carbocycles. The maximum Gasteiger partial charge on any atom is 0.222 e. The fraction of sp³-hybridized carbons (Fsp3) is 0.333. The van der Waals surface area contributed by atoms with Gasteiger partial charge in [0.25, 0.3) is 0 Å². The average Bonchev–Trinajstić information content (AvgIpc) is 2.82. The quantitative estimate of drug-likeness (QED) is 0.905. The van der Waals surface area contributed by atoms with Crippen LogP contribution in [0.15, 0.2) is 17.5 Å². The molecule has 0 aliphatic carbocycles. The van der Waals surface area contributed by atoms with E-state index in [1.54, 1.807) is 11.3 Å². The van der Waals surface area contributed by atoms with Gasteiger partial charge in [0.05, 0.1) is 5.56 Å². The highest BCUT2D eigenvalue weighted by Gasteiger charge is 2.09. The lowest BCUT2D eigenvalue weighted by molar-refractivity contribution is 0.294. The van der Waals surface area contributed by atoms with E-state index in [-0.39, 0.29) is 0 Å². The lowest BCUT2D eigenvalue weighted by Gasteiger charge is -2.11. The Morgan fingerprint density at radius 1 is 1.35 bits per heavy atom. The highest BCUT2D eigenvalue weighted by atomic mass is 32.1. The molecule has 0 aliphatic rings. The number of thiophene rings is 1. The summed E-state index contributed by atoms with van der Waals surface area (Å²) in [6.07, 6.45) is 0. The molecule has 2 aromatic heterocycles. The molecule has 5 heteroatoms. The van der Waals surface area contributed by atoms with Crippen LogP contribution in [0.3, 0.4) is 0 Å². The monoisotopic (exact) mass is 249 g/mol. The predicted octanol–water partition coefficient (Wildman–Crippen LogP) is 2.78. The summed E-state index contributed by atoms with van der Waals surface area (Å²) < 4.78 is 5.72. The first-order valence-corrected chi connectivity index (χ1v) is 6.27. The molecule has 0 atom stereocenters. The number of hydrogen-bond donors (Lipinski definition) is 1. The topological polar surface area (TPSA) is 47.0 Å². The molecular formula is C12H15N3OS. The molecule has 0 bridgehead atoms. The molecule has 2 aromatic rings. The van der Waals surface area contributed by atoms with Crippen LogP contribution in [0.5, 0.6) is 5.88 Å². The summed E-state index contributed by atoms with van der Waals surface area (Å²) in [6.45, 7) is 4.37. The Balaban J connectivity index is 2.17. The minimum Gasteiger partial charge on any atom is -0.472 e. The smallest absolute Gasteiger partial charge is 0.222 e. The molecule has 0 spiro atoms. The minimum absolute atomic E-state index is 0.554. The van der Waals surface area contributed by atoms with Crippen LogP contribution in [0, 0.1) is 13.8 Å². The van der Waals surface area contributed by atoms with Gasteiger partial charge in [-0.25, -0.2) is 4.98 Å². The Labute approximate surface area is 105 Å². The van der Waals surface area contributed by atoms with Crippen LogP contribution in [0.25, 0.3) is 0 Å². The van der Waals surface area contributed by atoms with Crippen LogP contribution in [-0.2, 0) is 6.61 Å². The van der Waals surface area contributed by atoms with Crippen molar-refractivity contribution in [3.05, 3.63) is 33.8 Å². The van der Waals surface area contributed by atoms with Crippen molar-refractivity contribution >= 4 is 17.2 Å². The van der Waals surface area contributed by atoms with Crippen LogP contribution >= 0.6 is 11.3 Å². The summed E-state index contributed by atoms with van der Waals surface area (Å²) in [5.74, 6) is 2.18. The van der Waals surface area contributed by atoms with Crippen molar-refractivity contribution in [1.29, 1.82) is 0 Å². The van der Waals surface area contributed by atoms with Gasteiger partial charge in [-0.15, -0.1) is 11.3 Å². The molecule has 0 fully saturated rings. The second kappa shape index (κ2) is 5.14. The van der Waals surface area contributed by atoms with Gasteiger partial charge in [0, 0.05) is 11.9 Å². The zero-order valence-electron chi connectivity index (χ0n) is 10.2. The van der Waals surface area contributed by atoms with Gasteiger partial charge in [-0.2, -0.15) is 4.98 Å².